The molecule has 1 heterocycles. The lowest BCUT2D eigenvalue weighted by Gasteiger charge is -2.20. The van der Waals surface area contributed by atoms with Gasteiger partial charge in [-0.25, -0.2) is 0 Å². The zero-order valence-electron chi connectivity index (χ0n) is 10.3. The molecular weight excluding hydrogens is 200 g/mol. The summed E-state index contributed by atoms with van der Waals surface area (Å²) in [5, 5.41) is 2.98. The average Bonchev–Trinajstić information content (AvgIpc) is 2.74. The van der Waals surface area contributed by atoms with E-state index in [1.807, 2.05) is 6.92 Å². The van der Waals surface area contributed by atoms with Gasteiger partial charge >= 0.3 is 0 Å². The normalized spacial score (nSPS) is 21.6. The molecule has 0 saturated carbocycles. The second-order valence-electron chi connectivity index (χ2n) is 3.93. The van der Waals surface area contributed by atoms with E-state index in [-0.39, 0.29) is 0 Å². The van der Waals surface area contributed by atoms with Crippen molar-refractivity contribution in [2.45, 2.75) is 32.7 Å². The molecule has 1 unspecified atom stereocenters. The van der Waals surface area contributed by atoms with Gasteiger partial charge in [0.15, 0.2) is 5.96 Å². The maximum Gasteiger partial charge on any atom is 0.189 e. The minimum Gasteiger partial charge on any atom is -0.370 e. The summed E-state index contributed by atoms with van der Waals surface area (Å²) in [6.07, 6.45) is 2.52. The Labute approximate surface area is 98.3 Å². The van der Waals surface area contributed by atoms with Crippen LogP contribution in [-0.2, 0) is 0 Å². The molecule has 1 aliphatic rings. The third kappa shape index (κ3) is 4.11. The first-order valence-corrected chi connectivity index (χ1v) is 5.95. The number of nitrogens with zero attached hydrogens (tertiary/aromatic N) is 2. The molecule has 1 atom stereocenters. The predicted molar refractivity (Wildman–Crippen MR) is 68.2 cm³/mol. The minimum atomic E-state index is 0.505. The zero-order chi connectivity index (χ0) is 11.8. The highest BCUT2D eigenvalue weighted by molar-refractivity contribution is 5.78. The summed E-state index contributed by atoms with van der Waals surface area (Å²) < 4.78 is 0. The molecule has 0 amide bonds. The second kappa shape index (κ2) is 7.13. The second-order valence-corrected chi connectivity index (χ2v) is 3.93. The van der Waals surface area contributed by atoms with Crippen molar-refractivity contribution in [1.29, 1.82) is 0 Å². The monoisotopic (exact) mass is 222 g/mol. The van der Waals surface area contributed by atoms with E-state index in [1.54, 1.807) is 0 Å². The quantitative estimate of drug-likeness (QED) is 0.411. The van der Waals surface area contributed by atoms with Gasteiger partial charge in [-0.05, 0) is 32.9 Å². The maximum atomic E-state index is 5.73. The highest BCUT2D eigenvalue weighted by Gasteiger charge is 2.22. The van der Waals surface area contributed by atoms with Crippen LogP contribution >= 0.6 is 0 Å². The number of hydrogen-bond acceptors (Lipinski definition) is 2. The van der Waals surface area contributed by atoms with Gasteiger partial charge < -0.3 is 11.1 Å². The van der Waals surface area contributed by atoms with Crippen molar-refractivity contribution in [3.63, 3.8) is 0 Å². The first-order valence-electron chi connectivity index (χ1n) is 5.95. The fourth-order valence-electron chi connectivity index (χ4n) is 2.00. The molecule has 0 aromatic heterocycles. The summed E-state index contributed by atoms with van der Waals surface area (Å²) in [5.41, 5.74) is 5.73. The van der Waals surface area contributed by atoms with E-state index in [4.69, 9.17) is 5.73 Å². The maximum absolute atomic E-state index is 5.73. The standard InChI is InChI=1S/C12H22N4/c1-3-5-8-14-12(13)15-10-11-7-6-9-16(11)4-2/h11H,4,6-10H2,1-2H3,(H3,13,14,15). The van der Waals surface area contributed by atoms with E-state index >= 15 is 0 Å². The number of likely N-dealkylation sites (N-methyl/N-ethyl adjacent to an activating group) is 1. The highest BCUT2D eigenvalue weighted by Crippen LogP contribution is 2.16. The Hall–Kier alpha value is -1.21. The van der Waals surface area contributed by atoms with Gasteiger partial charge in [0, 0.05) is 6.04 Å². The largest absolute Gasteiger partial charge is 0.370 e. The molecule has 0 radical (unpaired) electrons. The van der Waals surface area contributed by atoms with Crippen LogP contribution in [0.3, 0.4) is 0 Å². The molecule has 0 aliphatic carbocycles. The van der Waals surface area contributed by atoms with Crippen molar-refractivity contribution in [3.8, 4) is 11.8 Å². The smallest absolute Gasteiger partial charge is 0.189 e. The van der Waals surface area contributed by atoms with Crippen molar-refractivity contribution in [1.82, 2.24) is 10.2 Å². The predicted octanol–water partition coefficient (Wildman–Crippen LogP) is 0.398. The van der Waals surface area contributed by atoms with E-state index < -0.39 is 0 Å². The molecule has 1 aliphatic heterocycles. The van der Waals surface area contributed by atoms with Gasteiger partial charge in [-0.1, -0.05) is 12.8 Å². The summed E-state index contributed by atoms with van der Waals surface area (Å²) in [4.78, 5) is 6.81. The summed E-state index contributed by atoms with van der Waals surface area (Å²) >= 11 is 0. The van der Waals surface area contributed by atoms with Crippen LogP contribution in [0, 0.1) is 11.8 Å². The molecule has 16 heavy (non-hydrogen) atoms. The fourth-order valence-corrected chi connectivity index (χ4v) is 2.00. The molecule has 0 aromatic rings. The molecule has 0 spiro atoms. The van der Waals surface area contributed by atoms with Gasteiger partial charge in [0.2, 0.25) is 0 Å². The molecule has 1 fully saturated rings. The fraction of sp³-hybridized carbons (Fsp3) is 0.750. The SMILES string of the molecule is CC#CCNC(N)=NCC1CCCN1CC. The first kappa shape index (κ1) is 12.9. The van der Waals surface area contributed by atoms with Crippen LogP contribution in [-0.4, -0.2) is 43.1 Å². The minimum absolute atomic E-state index is 0.505. The van der Waals surface area contributed by atoms with Crippen molar-refractivity contribution >= 4 is 5.96 Å². The Bertz CT molecular complexity index is 287. The molecule has 0 bridgehead atoms. The van der Waals surface area contributed by atoms with E-state index in [9.17, 15) is 0 Å². The van der Waals surface area contributed by atoms with Crippen LogP contribution in [0.15, 0.2) is 4.99 Å². The Morgan fingerprint density at radius 1 is 1.62 bits per heavy atom. The van der Waals surface area contributed by atoms with Crippen molar-refractivity contribution < 1.29 is 0 Å². The summed E-state index contributed by atoms with van der Waals surface area (Å²) in [6.45, 7) is 7.69. The number of rotatable bonds is 4. The number of nitrogens with one attached hydrogen (secondary N) is 1. The molecule has 0 aromatic carbocycles. The third-order valence-corrected chi connectivity index (χ3v) is 2.91. The lowest BCUT2D eigenvalue weighted by Crippen LogP contribution is -2.35. The van der Waals surface area contributed by atoms with Crippen LogP contribution in [0.1, 0.15) is 26.7 Å². The summed E-state index contributed by atoms with van der Waals surface area (Å²) in [5.74, 6) is 6.21. The molecule has 4 nitrogen and oxygen atoms in total. The van der Waals surface area contributed by atoms with Gasteiger partial charge in [-0.3, -0.25) is 9.89 Å². The van der Waals surface area contributed by atoms with Crippen LogP contribution in [0.25, 0.3) is 0 Å². The van der Waals surface area contributed by atoms with Gasteiger partial charge in [0.25, 0.3) is 0 Å². The topological polar surface area (TPSA) is 53.6 Å². The first-order chi connectivity index (χ1) is 7.77. The molecule has 4 heteroatoms. The highest BCUT2D eigenvalue weighted by atomic mass is 15.2. The molecule has 3 N–H and O–H groups in total. The Balaban J connectivity index is 2.30. The number of nitrogens with two attached hydrogens (primary N) is 1. The van der Waals surface area contributed by atoms with Crippen LogP contribution in [0.4, 0.5) is 0 Å². The molecule has 1 saturated heterocycles. The Kier molecular flexibility index (Phi) is 5.73. The summed E-state index contributed by atoms with van der Waals surface area (Å²) in [7, 11) is 0. The molecule has 1 rings (SSSR count). The zero-order valence-corrected chi connectivity index (χ0v) is 10.3. The van der Waals surface area contributed by atoms with Gasteiger partial charge in [0.1, 0.15) is 0 Å². The van der Waals surface area contributed by atoms with Crippen molar-refractivity contribution in [2.24, 2.45) is 10.7 Å². The number of aliphatic imine (C=N–C) groups is 1. The van der Waals surface area contributed by atoms with Crippen molar-refractivity contribution in [2.75, 3.05) is 26.2 Å². The Morgan fingerprint density at radius 2 is 2.44 bits per heavy atom. The number of guanidine groups is 1. The van der Waals surface area contributed by atoms with E-state index in [2.05, 4.69) is 34.0 Å². The Morgan fingerprint density at radius 3 is 3.12 bits per heavy atom. The lowest BCUT2D eigenvalue weighted by atomic mass is 10.2. The summed E-state index contributed by atoms with van der Waals surface area (Å²) in [6, 6.07) is 0.572. The third-order valence-electron chi connectivity index (χ3n) is 2.91. The van der Waals surface area contributed by atoms with E-state index in [0.29, 0.717) is 18.5 Å². The van der Waals surface area contributed by atoms with E-state index in [0.717, 1.165) is 13.1 Å². The lowest BCUT2D eigenvalue weighted by molar-refractivity contribution is 0.273. The van der Waals surface area contributed by atoms with E-state index in [1.165, 1.54) is 19.4 Å². The average molecular weight is 222 g/mol. The molecule has 90 valence electrons. The molecular formula is C12H22N4. The van der Waals surface area contributed by atoms with Gasteiger partial charge in [-0.2, -0.15) is 0 Å². The van der Waals surface area contributed by atoms with Crippen LogP contribution < -0.4 is 11.1 Å². The van der Waals surface area contributed by atoms with Crippen molar-refractivity contribution in [3.05, 3.63) is 0 Å². The van der Waals surface area contributed by atoms with Crippen LogP contribution in [0.5, 0.6) is 0 Å². The van der Waals surface area contributed by atoms with Crippen LogP contribution in [0.2, 0.25) is 0 Å². The number of hydrogen-bond donors (Lipinski definition) is 2. The number of likely N-dealkylation sites (tertiary alicyclic amines) is 1. The van der Waals surface area contributed by atoms with Gasteiger partial charge in [0.05, 0.1) is 13.1 Å². The van der Waals surface area contributed by atoms with Gasteiger partial charge in [-0.15, -0.1) is 5.92 Å².